The van der Waals surface area contributed by atoms with Crippen LogP contribution in [0, 0.1) is 5.41 Å². The summed E-state index contributed by atoms with van der Waals surface area (Å²) in [5.74, 6) is -2.50. The first-order chi connectivity index (χ1) is 26.8. The smallest absolute Gasteiger partial charge is 0.422 e. The molecule has 3 aromatic carbocycles. The predicted molar refractivity (Wildman–Crippen MR) is 206 cm³/mol. The molecule has 0 radical (unpaired) electrons. The predicted octanol–water partition coefficient (Wildman–Crippen LogP) is 5.08. The number of hydrogen-bond donors (Lipinski definition) is 6. The highest BCUT2D eigenvalue weighted by Gasteiger charge is 2.45. The number of rotatable bonds is 14. The van der Waals surface area contributed by atoms with E-state index in [2.05, 4.69) is 46.5 Å². The molecule has 2 aromatic heterocycles. The number of carbonyl (C=O) groups is 3. The standard InChI is InChI=1S/C35H34ClF3N10O6S2/c1-33(2,17-42-27(51)28(52)45-32-44-24-12-11-23(57(40,53)54)15-25(24)56-32)16-41-26(50)19-3-9-22(10-4-19)43-29-46-30(48-31(47-29)55-18-35(37,38)39)49-34(13-14-34)20-5-7-21(36)8-6-20/h3-12,15H,13-14,16-18H2,1-2H3,(H,41,50)(H,42,51)(H2,40,53,54)(H,44,45,52)(H2,43,46,47,48,49). The van der Waals surface area contributed by atoms with Gasteiger partial charge in [0.2, 0.25) is 21.9 Å². The van der Waals surface area contributed by atoms with Crippen molar-refractivity contribution in [1.82, 2.24) is 30.6 Å². The first-order valence-electron chi connectivity index (χ1n) is 16.9. The fraction of sp³-hybridized carbons (Fsp3) is 0.286. The molecule has 5 aromatic rings. The summed E-state index contributed by atoms with van der Waals surface area (Å²) in [7, 11) is -3.94. The highest BCUT2D eigenvalue weighted by atomic mass is 35.5. The Morgan fingerprint density at radius 3 is 2.21 bits per heavy atom. The molecule has 0 saturated heterocycles. The normalized spacial score (nSPS) is 13.7. The van der Waals surface area contributed by atoms with Crippen LogP contribution in [0.4, 0.5) is 35.9 Å². The van der Waals surface area contributed by atoms with Crippen LogP contribution in [0.2, 0.25) is 5.02 Å². The van der Waals surface area contributed by atoms with Crippen molar-refractivity contribution in [2.45, 2.75) is 43.3 Å². The second kappa shape index (κ2) is 16.1. The zero-order valence-electron chi connectivity index (χ0n) is 30.0. The Morgan fingerprint density at radius 2 is 1.56 bits per heavy atom. The number of ether oxygens (including phenoxy) is 1. The minimum absolute atomic E-state index is 0.0105. The van der Waals surface area contributed by atoms with E-state index in [0.717, 1.165) is 29.7 Å². The fourth-order valence-corrected chi connectivity index (χ4v) is 6.92. The van der Waals surface area contributed by atoms with E-state index < -0.39 is 57.5 Å². The van der Waals surface area contributed by atoms with Gasteiger partial charge in [-0.25, -0.2) is 18.5 Å². The van der Waals surface area contributed by atoms with Gasteiger partial charge in [-0.1, -0.05) is 48.9 Å². The van der Waals surface area contributed by atoms with Crippen molar-refractivity contribution in [3.05, 3.63) is 82.9 Å². The number of nitrogens with one attached hydrogen (secondary N) is 5. The summed E-state index contributed by atoms with van der Waals surface area (Å²) < 4.78 is 67.4. The van der Waals surface area contributed by atoms with Crippen LogP contribution in [0.3, 0.4) is 0 Å². The van der Waals surface area contributed by atoms with Gasteiger partial charge in [0, 0.05) is 29.4 Å². The molecule has 3 amide bonds. The number of thiazole rings is 1. The van der Waals surface area contributed by atoms with E-state index in [1.165, 1.54) is 30.3 Å². The number of carbonyl (C=O) groups excluding carboxylic acids is 3. The number of sulfonamides is 1. The Morgan fingerprint density at radius 1 is 0.895 bits per heavy atom. The quantitative estimate of drug-likeness (QED) is 0.0804. The summed E-state index contributed by atoms with van der Waals surface area (Å²) in [5, 5.41) is 19.6. The van der Waals surface area contributed by atoms with E-state index in [-0.39, 0.29) is 40.6 Å². The topological polar surface area (TPSA) is 232 Å². The van der Waals surface area contributed by atoms with E-state index >= 15 is 0 Å². The van der Waals surface area contributed by atoms with E-state index in [1.807, 2.05) is 12.1 Å². The van der Waals surface area contributed by atoms with E-state index in [9.17, 15) is 36.0 Å². The van der Waals surface area contributed by atoms with E-state index in [4.69, 9.17) is 21.5 Å². The summed E-state index contributed by atoms with van der Waals surface area (Å²) in [5.41, 5.74) is 0.746. The molecule has 0 aliphatic heterocycles. The van der Waals surface area contributed by atoms with Crippen molar-refractivity contribution in [3.63, 3.8) is 0 Å². The van der Waals surface area contributed by atoms with Crippen LogP contribution in [0.1, 0.15) is 42.6 Å². The molecule has 0 unspecified atom stereocenters. The maximum absolute atomic E-state index is 13.0. The third kappa shape index (κ3) is 11.0. The first kappa shape index (κ1) is 41.0. The van der Waals surface area contributed by atoms with Crippen molar-refractivity contribution in [2.75, 3.05) is 35.6 Å². The minimum Gasteiger partial charge on any atom is -0.454 e. The highest BCUT2D eigenvalue weighted by molar-refractivity contribution is 7.89. The number of fused-ring (bicyclic) bond motifs is 1. The van der Waals surface area contributed by atoms with Crippen LogP contribution in [0.25, 0.3) is 10.2 Å². The lowest BCUT2D eigenvalue weighted by molar-refractivity contribution is -0.154. The summed E-state index contributed by atoms with van der Waals surface area (Å²) in [4.78, 5) is 54.5. The summed E-state index contributed by atoms with van der Waals surface area (Å²) in [6.07, 6.45) is -3.19. The zero-order chi connectivity index (χ0) is 41.2. The zero-order valence-corrected chi connectivity index (χ0v) is 32.4. The summed E-state index contributed by atoms with van der Waals surface area (Å²) in [6, 6.07) is 16.7. The van der Waals surface area contributed by atoms with Gasteiger partial charge in [-0.15, -0.1) is 0 Å². The van der Waals surface area contributed by atoms with Gasteiger partial charge in [-0.05, 0) is 78.4 Å². The molecular formula is C35H34ClF3N10O6S2. The summed E-state index contributed by atoms with van der Waals surface area (Å²) >= 11 is 7.00. The third-order valence-electron chi connectivity index (χ3n) is 8.45. The Hall–Kier alpha value is -5.64. The number of nitrogens with zero attached hydrogens (tertiary/aromatic N) is 4. The number of halogens is 4. The second-order valence-corrected chi connectivity index (χ2v) is 16.8. The average molecular weight is 847 g/mol. The van der Waals surface area contributed by atoms with Gasteiger partial charge in [0.05, 0.1) is 20.7 Å². The molecule has 2 heterocycles. The molecular weight excluding hydrogens is 813 g/mol. The van der Waals surface area contributed by atoms with Gasteiger partial charge >= 0.3 is 24.0 Å². The largest absolute Gasteiger partial charge is 0.454 e. The lowest BCUT2D eigenvalue weighted by Crippen LogP contribution is -2.44. The third-order valence-corrected chi connectivity index (χ3v) is 10.5. The van der Waals surface area contributed by atoms with E-state index in [0.29, 0.717) is 20.9 Å². The molecule has 22 heteroatoms. The van der Waals surface area contributed by atoms with Gasteiger partial charge in [0.1, 0.15) is 0 Å². The van der Waals surface area contributed by atoms with Gasteiger partial charge in [-0.3, -0.25) is 19.7 Å². The number of benzene rings is 3. The number of amides is 3. The van der Waals surface area contributed by atoms with Crippen LogP contribution in [-0.4, -0.2) is 71.9 Å². The Labute approximate surface area is 332 Å². The first-order valence-corrected chi connectivity index (χ1v) is 19.7. The van der Waals surface area contributed by atoms with Crippen molar-refractivity contribution in [1.29, 1.82) is 0 Å². The maximum atomic E-state index is 13.0. The molecule has 1 aliphatic rings. The van der Waals surface area contributed by atoms with Gasteiger partial charge < -0.3 is 26.0 Å². The van der Waals surface area contributed by atoms with Crippen molar-refractivity contribution >= 4 is 83.6 Å². The highest BCUT2D eigenvalue weighted by Crippen LogP contribution is 2.48. The van der Waals surface area contributed by atoms with Crippen LogP contribution < -0.4 is 36.5 Å². The van der Waals surface area contributed by atoms with Gasteiger partial charge in [0.15, 0.2) is 11.7 Å². The van der Waals surface area contributed by atoms with Crippen LogP contribution in [-0.2, 0) is 25.2 Å². The minimum atomic E-state index is -4.63. The SMILES string of the molecule is CC(C)(CNC(=O)C(=O)Nc1nc2ccc(S(N)(=O)=O)cc2s1)CNC(=O)c1ccc(Nc2nc(NC3(c4ccc(Cl)cc4)CC3)nc(OCC(F)(F)F)n2)cc1. The Bertz CT molecular complexity index is 2430. The molecule has 0 spiro atoms. The number of hydrogen-bond acceptors (Lipinski definition) is 13. The lowest BCUT2D eigenvalue weighted by Gasteiger charge is -2.25. The van der Waals surface area contributed by atoms with Gasteiger partial charge in [-0.2, -0.15) is 28.1 Å². The molecule has 6 rings (SSSR count). The number of alkyl halides is 3. The second-order valence-electron chi connectivity index (χ2n) is 13.8. The Balaban J connectivity index is 1.02. The van der Waals surface area contributed by atoms with Crippen LogP contribution >= 0.6 is 22.9 Å². The molecule has 0 bridgehead atoms. The molecule has 1 fully saturated rings. The molecule has 0 atom stereocenters. The molecule has 300 valence electrons. The lowest BCUT2D eigenvalue weighted by atomic mass is 9.93. The molecule has 1 aliphatic carbocycles. The number of aromatic nitrogens is 4. The van der Waals surface area contributed by atoms with Crippen LogP contribution in [0.5, 0.6) is 6.01 Å². The average Bonchev–Trinajstić information content (AvgIpc) is 3.81. The van der Waals surface area contributed by atoms with Gasteiger partial charge in [0.25, 0.3) is 5.91 Å². The molecule has 1 saturated carbocycles. The van der Waals surface area contributed by atoms with Crippen LogP contribution in [0.15, 0.2) is 71.6 Å². The van der Waals surface area contributed by atoms with E-state index in [1.54, 1.807) is 38.1 Å². The van der Waals surface area contributed by atoms with Crippen molar-refractivity contribution < 1.29 is 40.7 Å². The maximum Gasteiger partial charge on any atom is 0.422 e. The number of primary sulfonamides is 1. The summed E-state index contributed by atoms with van der Waals surface area (Å²) in [6.45, 7) is 2.04. The molecule has 16 nitrogen and oxygen atoms in total. The monoisotopic (exact) mass is 846 g/mol. The fourth-order valence-electron chi connectivity index (χ4n) is 5.28. The Kier molecular flexibility index (Phi) is 11.6. The number of anilines is 4. The van der Waals surface area contributed by atoms with Crippen molar-refractivity contribution in [3.8, 4) is 6.01 Å². The van der Waals surface area contributed by atoms with Crippen molar-refractivity contribution in [2.24, 2.45) is 10.6 Å². The molecule has 7 N–H and O–H groups in total. The number of nitrogens with two attached hydrogens (primary N) is 1. The molecule has 57 heavy (non-hydrogen) atoms.